The molecule has 0 aliphatic rings. The summed E-state index contributed by atoms with van der Waals surface area (Å²) in [7, 11) is 0. The monoisotopic (exact) mass is 368 g/mol. The highest BCUT2D eigenvalue weighted by Crippen LogP contribution is 2.20. The molecule has 0 radical (unpaired) electrons. The van der Waals surface area contributed by atoms with Crippen LogP contribution in [0.3, 0.4) is 0 Å². The maximum atomic E-state index is 12.1. The number of fused-ring (bicyclic) bond motifs is 2. The molecule has 28 heavy (non-hydrogen) atoms. The van der Waals surface area contributed by atoms with Crippen LogP contribution in [0.5, 0.6) is 5.75 Å². The summed E-state index contributed by atoms with van der Waals surface area (Å²) in [5, 5.41) is 8.72. The molecule has 0 fully saturated rings. The molecule has 1 N–H and O–H groups in total. The smallest absolute Gasteiger partial charge is 0.277 e. The summed E-state index contributed by atoms with van der Waals surface area (Å²) in [6, 6.07) is 28.0. The Kier molecular flexibility index (Phi) is 5.02. The van der Waals surface area contributed by atoms with Crippen LogP contribution in [0.1, 0.15) is 12.5 Å². The molecule has 0 bridgehead atoms. The van der Waals surface area contributed by atoms with Crippen LogP contribution >= 0.6 is 0 Å². The zero-order valence-corrected chi connectivity index (χ0v) is 15.6. The van der Waals surface area contributed by atoms with Gasteiger partial charge in [0.1, 0.15) is 5.75 Å². The minimum Gasteiger partial charge on any atom is -0.484 e. The van der Waals surface area contributed by atoms with E-state index in [2.05, 4.69) is 28.7 Å². The number of carbonyl (C=O) groups excluding carboxylic acids is 1. The second-order valence-electron chi connectivity index (χ2n) is 6.59. The molecular weight excluding hydrogens is 348 g/mol. The molecule has 138 valence electrons. The van der Waals surface area contributed by atoms with Crippen LogP contribution in [0.2, 0.25) is 0 Å². The molecule has 4 rings (SSSR count). The Morgan fingerprint density at radius 3 is 2.14 bits per heavy atom. The van der Waals surface area contributed by atoms with Gasteiger partial charge in [0.05, 0.1) is 5.71 Å². The zero-order chi connectivity index (χ0) is 19.3. The number of amides is 1. The van der Waals surface area contributed by atoms with E-state index in [1.807, 2.05) is 73.7 Å². The van der Waals surface area contributed by atoms with Gasteiger partial charge in [0.15, 0.2) is 6.61 Å². The molecule has 1 amide bonds. The molecule has 4 aromatic carbocycles. The molecule has 0 saturated carbocycles. The number of benzene rings is 4. The van der Waals surface area contributed by atoms with Gasteiger partial charge >= 0.3 is 0 Å². The first-order chi connectivity index (χ1) is 13.7. The first-order valence-corrected chi connectivity index (χ1v) is 9.13. The summed E-state index contributed by atoms with van der Waals surface area (Å²) in [5.41, 5.74) is 4.27. The van der Waals surface area contributed by atoms with Gasteiger partial charge in [-0.25, -0.2) is 5.43 Å². The SMILES string of the molecule is CC(=NNC(=O)COc1ccc2ccccc2c1)c1ccc2ccccc2c1. The summed E-state index contributed by atoms with van der Waals surface area (Å²) in [6.07, 6.45) is 0. The van der Waals surface area contributed by atoms with Crippen LogP contribution in [0.15, 0.2) is 90.0 Å². The molecule has 0 aliphatic carbocycles. The van der Waals surface area contributed by atoms with E-state index in [1.54, 1.807) is 0 Å². The van der Waals surface area contributed by atoms with Gasteiger partial charge in [-0.05, 0) is 52.2 Å². The third-order valence-electron chi connectivity index (χ3n) is 4.61. The summed E-state index contributed by atoms with van der Waals surface area (Å²) in [5.74, 6) is 0.359. The minimum absolute atomic E-state index is 0.0904. The maximum Gasteiger partial charge on any atom is 0.277 e. The highest BCUT2D eigenvalue weighted by atomic mass is 16.5. The molecule has 0 heterocycles. The Labute approximate surface area is 163 Å². The lowest BCUT2D eigenvalue weighted by Gasteiger charge is -2.07. The van der Waals surface area contributed by atoms with Crippen LogP contribution in [-0.2, 0) is 4.79 Å². The first-order valence-electron chi connectivity index (χ1n) is 9.13. The van der Waals surface area contributed by atoms with Crippen LogP contribution in [0.4, 0.5) is 0 Å². The summed E-state index contributed by atoms with van der Waals surface area (Å²) in [6.45, 7) is 1.78. The number of nitrogens with one attached hydrogen (secondary N) is 1. The molecule has 0 saturated heterocycles. The maximum absolute atomic E-state index is 12.1. The number of hydrogen-bond donors (Lipinski definition) is 1. The number of nitrogens with zero attached hydrogens (tertiary/aromatic N) is 1. The predicted molar refractivity (Wildman–Crippen MR) is 114 cm³/mol. The van der Waals surface area contributed by atoms with E-state index in [9.17, 15) is 4.79 Å². The standard InChI is InChI=1S/C24H20N2O2/c1-17(20-11-10-18-6-2-4-8-21(18)14-20)25-26-24(27)16-28-23-13-12-19-7-3-5-9-22(19)15-23/h2-15H,16H2,1H3,(H,26,27). The Morgan fingerprint density at radius 2 is 1.43 bits per heavy atom. The molecule has 0 atom stereocenters. The lowest BCUT2D eigenvalue weighted by Crippen LogP contribution is -2.25. The van der Waals surface area contributed by atoms with E-state index in [0.29, 0.717) is 5.75 Å². The van der Waals surface area contributed by atoms with Crippen molar-refractivity contribution in [2.45, 2.75) is 6.92 Å². The van der Waals surface area contributed by atoms with E-state index in [4.69, 9.17) is 4.74 Å². The Bertz CT molecular complexity index is 1180. The summed E-state index contributed by atoms with van der Waals surface area (Å²) in [4.78, 5) is 12.1. The molecule has 4 aromatic rings. The number of rotatable bonds is 5. The highest BCUT2D eigenvalue weighted by Gasteiger charge is 2.04. The second-order valence-corrected chi connectivity index (χ2v) is 6.59. The van der Waals surface area contributed by atoms with Crippen molar-refractivity contribution in [2.24, 2.45) is 5.10 Å². The van der Waals surface area contributed by atoms with Gasteiger partial charge in [-0.1, -0.05) is 66.7 Å². The van der Waals surface area contributed by atoms with Gasteiger partial charge in [0.25, 0.3) is 5.91 Å². The van der Waals surface area contributed by atoms with Gasteiger partial charge in [0, 0.05) is 0 Å². The van der Waals surface area contributed by atoms with Crippen LogP contribution in [-0.4, -0.2) is 18.2 Å². The molecular formula is C24H20N2O2. The summed E-state index contributed by atoms with van der Waals surface area (Å²) >= 11 is 0. The highest BCUT2D eigenvalue weighted by molar-refractivity contribution is 6.02. The zero-order valence-electron chi connectivity index (χ0n) is 15.6. The van der Waals surface area contributed by atoms with E-state index < -0.39 is 0 Å². The minimum atomic E-state index is -0.298. The van der Waals surface area contributed by atoms with Gasteiger partial charge in [-0.15, -0.1) is 0 Å². The normalized spacial score (nSPS) is 11.5. The van der Waals surface area contributed by atoms with Crippen molar-refractivity contribution >= 4 is 33.2 Å². The van der Waals surface area contributed by atoms with Crippen molar-refractivity contribution in [3.63, 3.8) is 0 Å². The van der Waals surface area contributed by atoms with Gasteiger partial charge in [0.2, 0.25) is 0 Å². The number of hydrogen-bond acceptors (Lipinski definition) is 3. The first kappa shape index (κ1) is 17.7. The largest absolute Gasteiger partial charge is 0.484 e. The topological polar surface area (TPSA) is 50.7 Å². The van der Waals surface area contributed by atoms with E-state index >= 15 is 0 Å². The molecule has 0 spiro atoms. The second kappa shape index (κ2) is 7.92. The van der Waals surface area contributed by atoms with Crippen LogP contribution in [0, 0.1) is 0 Å². The van der Waals surface area contributed by atoms with Crippen molar-refractivity contribution in [1.29, 1.82) is 0 Å². The van der Waals surface area contributed by atoms with E-state index in [1.165, 1.54) is 5.39 Å². The van der Waals surface area contributed by atoms with Gasteiger partial charge in [-0.2, -0.15) is 5.10 Å². The molecule has 0 aliphatic heterocycles. The van der Waals surface area contributed by atoms with Gasteiger partial charge in [-0.3, -0.25) is 4.79 Å². The van der Waals surface area contributed by atoms with Crippen LogP contribution in [0.25, 0.3) is 21.5 Å². The Morgan fingerprint density at radius 1 is 0.821 bits per heavy atom. The number of hydrazone groups is 1. The predicted octanol–water partition coefficient (Wildman–Crippen LogP) is 4.91. The van der Waals surface area contributed by atoms with E-state index in [0.717, 1.165) is 27.4 Å². The van der Waals surface area contributed by atoms with Crippen molar-refractivity contribution in [3.05, 3.63) is 90.5 Å². The van der Waals surface area contributed by atoms with Crippen molar-refractivity contribution in [2.75, 3.05) is 6.61 Å². The Balaban J connectivity index is 1.38. The number of carbonyl (C=O) groups is 1. The Hall–Kier alpha value is -3.66. The van der Waals surface area contributed by atoms with Crippen molar-refractivity contribution < 1.29 is 9.53 Å². The lowest BCUT2D eigenvalue weighted by atomic mass is 10.0. The van der Waals surface area contributed by atoms with Crippen molar-refractivity contribution in [1.82, 2.24) is 5.43 Å². The van der Waals surface area contributed by atoms with E-state index in [-0.39, 0.29) is 12.5 Å². The fourth-order valence-corrected chi connectivity index (χ4v) is 3.06. The summed E-state index contributed by atoms with van der Waals surface area (Å²) < 4.78 is 5.59. The number of ether oxygens (including phenoxy) is 1. The third kappa shape index (κ3) is 4.01. The lowest BCUT2D eigenvalue weighted by molar-refractivity contribution is -0.123. The average molecular weight is 368 g/mol. The molecule has 4 heteroatoms. The fourth-order valence-electron chi connectivity index (χ4n) is 3.06. The molecule has 4 nitrogen and oxygen atoms in total. The van der Waals surface area contributed by atoms with Crippen LogP contribution < -0.4 is 10.2 Å². The van der Waals surface area contributed by atoms with Gasteiger partial charge < -0.3 is 4.74 Å². The fraction of sp³-hybridized carbons (Fsp3) is 0.0833. The molecule has 0 aromatic heterocycles. The quantitative estimate of drug-likeness (QED) is 0.402. The molecule has 0 unspecified atom stereocenters. The van der Waals surface area contributed by atoms with Crippen molar-refractivity contribution in [3.8, 4) is 5.75 Å². The average Bonchev–Trinajstić information content (AvgIpc) is 2.75. The third-order valence-corrected chi connectivity index (χ3v) is 4.61.